The molecule has 0 aliphatic heterocycles. The lowest BCUT2D eigenvalue weighted by atomic mass is 10.1. The van der Waals surface area contributed by atoms with E-state index in [1.54, 1.807) is 0 Å². The average Bonchev–Trinajstić information content (AvgIpc) is 2.49. The third-order valence-electron chi connectivity index (χ3n) is 2.48. The second-order valence-electron chi connectivity index (χ2n) is 3.64. The Morgan fingerprint density at radius 2 is 1.61 bits per heavy atom. The van der Waals surface area contributed by atoms with Gasteiger partial charge in [0, 0.05) is 12.6 Å². The fourth-order valence-electron chi connectivity index (χ4n) is 1.21. The van der Waals surface area contributed by atoms with Gasteiger partial charge in [-0.2, -0.15) is 0 Å². The summed E-state index contributed by atoms with van der Waals surface area (Å²) in [7, 11) is 0. The highest BCUT2D eigenvalue weighted by Gasteiger charge is 1.97. The molecule has 1 heteroatoms. The highest BCUT2D eigenvalue weighted by Crippen LogP contribution is 2.05. The molecule has 0 saturated heterocycles. The van der Waals surface area contributed by atoms with Crippen molar-refractivity contribution in [1.29, 1.82) is 0 Å². The summed E-state index contributed by atoms with van der Waals surface area (Å²) in [5, 5.41) is 3.46. The van der Waals surface area contributed by atoms with Crippen LogP contribution in [0.4, 0.5) is 0 Å². The van der Waals surface area contributed by atoms with Crippen molar-refractivity contribution in [1.82, 2.24) is 5.32 Å². The predicted molar refractivity (Wildman–Crippen MR) is 85.8 cm³/mol. The molecule has 1 unspecified atom stereocenters. The smallest absolute Gasteiger partial charge is 0.0207 e. The number of rotatable bonds is 5. The first-order valence-electron chi connectivity index (χ1n) is 7.21. The van der Waals surface area contributed by atoms with Gasteiger partial charge in [-0.15, -0.1) is 0 Å². The molecule has 1 nitrogen and oxygen atoms in total. The van der Waals surface area contributed by atoms with Crippen molar-refractivity contribution in [2.45, 2.75) is 60.5 Å². The molecule has 0 aliphatic carbocycles. The molecule has 0 bridgehead atoms. The first kappa shape index (κ1) is 19.3. The molecular formula is C17H31N. The van der Waals surface area contributed by atoms with E-state index in [1.807, 2.05) is 33.8 Å². The van der Waals surface area contributed by atoms with Crippen LogP contribution in [0.1, 0.15) is 59.1 Å². The fourth-order valence-corrected chi connectivity index (χ4v) is 1.21. The van der Waals surface area contributed by atoms with Gasteiger partial charge in [0.1, 0.15) is 0 Å². The van der Waals surface area contributed by atoms with Crippen LogP contribution in [0.25, 0.3) is 6.08 Å². The predicted octanol–water partition coefficient (Wildman–Crippen LogP) is 5.27. The maximum atomic E-state index is 3.73. The van der Waals surface area contributed by atoms with Crippen LogP contribution in [0.2, 0.25) is 0 Å². The molecule has 0 spiro atoms. The standard InChI is InChI=1S/C13H19N.2C2H6/c1-4-11(3)14-10-13-8-6-12(5-2)7-9-13;2*1-2/h5-9,11,14H,2,4,10H2,1,3H3;2*1-2H3. The summed E-state index contributed by atoms with van der Waals surface area (Å²) in [4.78, 5) is 0. The van der Waals surface area contributed by atoms with Crippen molar-refractivity contribution in [3.8, 4) is 0 Å². The van der Waals surface area contributed by atoms with Gasteiger partial charge in [-0.25, -0.2) is 0 Å². The molecule has 0 radical (unpaired) electrons. The van der Waals surface area contributed by atoms with E-state index >= 15 is 0 Å². The normalized spacial score (nSPS) is 10.3. The third-order valence-corrected chi connectivity index (χ3v) is 2.48. The summed E-state index contributed by atoms with van der Waals surface area (Å²) < 4.78 is 0. The number of benzene rings is 1. The first-order valence-corrected chi connectivity index (χ1v) is 7.21. The molecule has 1 atom stereocenters. The number of nitrogens with one attached hydrogen (secondary N) is 1. The van der Waals surface area contributed by atoms with Gasteiger partial charge in [0.2, 0.25) is 0 Å². The molecule has 104 valence electrons. The van der Waals surface area contributed by atoms with Gasteiger partial charge in [0.25, 0.3) is 0 Å². The fraction of sp³-hybridized carbons (Fsp3) is 0.529. The number of hydrogen-bond acceptors (Lipinski definition) is 1. The second-order valence-corrected chi connectivity index (χ2v) is 3.64. The van der Waals surface area contributed by atoms with E-state index in [0.717, 1.165) is 6.54 Å². The monoisotopic (exact) mass is 249 g/mol. The van der Waals surface area contributed by atoms with Gasteiger partial charge in [0.05, 0.1) is 0 Å². The van der Waals surface area contributed by atoms with Crippen molar-refractivity contribution in [3.63, 3.8) is 0 Å². The van der Waals surface area contributed by atoms with Gasteiger partial charge in [-0.3, -0.25) is 0 Å². The lowest BCUT2D eigenvalue weighted by molar-refractivity contribution is 0.534. The van der Waals surface area contributed by atoms with Gasteiger partial charge in [0.15, 0.2) is 0 Å². The second kappa shape index (κ2) is 14.0. The summed E-state index contributed by atoms with van der Waals surface area (Å²) in [6.45, 7) is 17.1. The number of hydrogen-bond donors (Lipinski definition) is 1. The van der Waals surface area contributed by atoms with Crippen molar-refractivity contribution in [2.75, 3.05) is 0 Å². The van der Waals surface area contributed by atoms with E-state index in [1.165, 1.54) is 17.5 Å². The van der Waals surface area contributed by atoms with Gasteiger partial charge >= 0.3 is 0 Å². The zero-order valence-electron chi connectivity index (χ0n) is 13.1. The molecule has 1 N–H and O–H groups in total. The van der Waals surface area contributed by atoms with Gasteiger partial charge in [-0.1, -0.05) is 71.5 Å². The molecule has 1 aromatic rings. The molecule has 0 saturated carbocycles. The van der Waals surface area contributed by atoms with Crippen LogP contribution in [-0.4, -0.2) is 6.04 Å². The van der Waals surface area contributed by atoms with Crippen LogP contribution in [0, 0.1) is 0 Å². The Balaban J connectivity index is 0. The minimum absolute atomic E-state index is 0.592. The van der Waals surface area contributed by atoms with E-state index in [-0.39, 0.29) is 0 Å². The molecule has 0 aromatic heterocycles. The summed E-state index contributed by atoms with van der Waals surface area (Å²) in [5.41, 5.74) is 2.51. The Kier molecular flexibility index (Phi) is 15.0. The van der Waals surface area contributed by atoms with Crippen LogP contribution >= 0.6 is 0 Å². The SMILES string of the molecule is C=Cc1ccc(CNC(C)CC)cc1.CC.CC. The minimum Gasteiger partial charge on any atom is -0.310 e. The maximum absolute atomic E-state index is 3.73. The van der Waals surface area contributed by atoms with Crippen LogP contribution < -0.4 is 5.32 Å². The Labute approximate surface area is 114 Å². The highest BCUT2D eigenvalue weighted by atomic mass is 14.9. The molecule has 1 rings (SSSR count). The van der Waals surface area contributed by atoms with Crippen molar-refractivity contribution < 1.29 is 0 Å². The summed E-state index contributed by atoms with van der Waals surface area (Å²) >= 11 is 0. The Hall–Kier alpha value is -1.08. The first-order chi connectivity index (χ1) is 8.76. The van der Waals surface area contributed by atoms with Crippen LogP contribution in [0.3, 0.4) is 0 Å². The Morgan fingerprint density at radius 3 is 2.00 bits per heavy atom. The van der Waals surface area contributed by atoms with E-state index in [9.17, 15) is 0 Å². The van der Waals surface area contributed by atoms with E-state index in [4.69, 9.17) is 0 Å². The van der Waals surface area contributed by atoms with E-state index < -0.39 is 0 Å². The zero-order valence-corrected chi connectivity index (χ0v) is 13.1. The van der Waals surface area contributed by atoms with Crippen molar-refractivity contribution in [3.05, 3.63) is 42.0 Å². The molecular weight excluding hydrogens is 218 g/mol. The Bertz CT molecular complexity index is 274. The van der Waals surface area contributed by atoms with Gasteiger partial charge in [-0.05, 0) is 24.5 Å². The maximum Gasteiger partial charge on any atom is 0.0207 e. The largest absolute Gasteiger partial charge is 0.310 e. The molecule has 0 amide bonds. The molecule has 0 fully saturated rings. The topological polar surface area (TPSA) is 12.0 Å². The van der Waals surface area contributed by atoms with Crippen LogP contribution in [0.15, 0.2) is 30.8 Å². The molecule has 0 aliphatic rings. The Morgan fingerprint density at radius 1 is 1.11 bits per heavy atom. The lowest BCUT2D eigenvalue weighted by Gasteiger charge is -2.11. The van der Waals surface area contributed by atoms with E-state index in [0.29, 0.717) is 6.04 Å². The van der Waals surface area contributed by atoms with Crippen LogP contribution in [0.5, 0.6) is 0 Å². The average molecular weight is 249 g/mol. The minimum atomic E-state index is 0.592. The van der Waals surface area contributed by atoms with Crippen molar-refractivity contribution in [2.24, 2.45) is 0 Å². The quantitative estimate of drug-likeness (QED) is 0.749. The van der Waals surface area contributed by atoms with Gasteiger partial charge < -0.3 is 5.32 Å². The molecule has 0 heterocycles. The summed E-state index contributed by atoms with van der Waals surface area (Å²) in [6, 6.07) is 9.08. The molecule has 18 heavy (non-hydrogen) atoms. The van der Waals surface area contributed by atoms with E-state index in [2.05, 4.69) is 50.0 Å². The third kappa shape index (κ3) is 9.00. The van der Waals surface area contributed by atoms with Crippen molar-refractivity contribution >= 4 is 6.08 Å². The summed E-state index contributed by atoms with van der Waals surface area (Å²) in [5.74, 6) is 0. The molecule has 1 aromatic carbocycles. The summed E-state index contributed by atoms with van der Waals surface area (Å²) in [6.07, 6.45) is 3.04. The van der Waals surface area contributed by atoms with Crippen LogP contribution in [-0.2, 0) is 6.54 Å². The highest BCUT2D eigenvalue weighted by molar-refractivity contribution is 5.47. The zero-order chi connectivity index (χ0) is 14.4. The lowest BCUT2D eigenvalue weighted by Crippen LogP contribution is -2.24.